The van der Waals surface area contributed by atoms with Gasteiger partial charge in [0.2, 0.25) is 0 Å². The van der Waals surface area contributed by atoms with Gasteiger partial charge in [-0.15, -0.1) is 0 Å². The molecule has 0 fully saturated rings. The molecule has 0 aliphatic heterocycles. The van der Waals surface area contributed by atoms with Crippen molar-refractivity contribution < 1.29 is 5.11 Å². The molecule has 8 heavy (non-hydrogen) atoms. The SMILES string of the molecule is CC(Cl)(Cl)C([O])(Cl)Cl. The molecule has 0 aliphatic carbocycles. The van der Waals surface area contributed by atoms with Crippen LogP contribution >= 0.6 is 46.4 Å². The van der Waals surface area contributed by atoms with Crippen molar-refractivity contribution in [1.29, 1.82) is 0 Å². The van der Waals surface area contributed by atoms with Gasteiger partial charge in [-0.3, -0.25) is 0 Å². The summed E-state index contributed by atoms with van der Waals surface area (Å²) in [6.45, 7) is 1.23. The van der Waals surface area contributed by atoms with Crippen LogP contribution in [0.2, 0.25) is 0 Å². The molecule has 0 amide bonds. The molecule has 1 nitrogen and oxygen atoms in total. The van der Waals surface area contributed by atoms with Gasteiger partial charge in [-0.25, -0.2) is 0 Å². The highest BCUT2D eigenvalue weighted by atomic mass is 35.5. The van der Waals surface area contributed by atoms with Crippen LogP contribution in [0.1, 0.15) is 6.92 Å². The van der Waals surface area contributed by atoms with Gasteiger partial charge in [0.05, 0.1) is 0 Å². The lowest BCUT2D eigenvalue weighted by molar-refractivity contribution is 0.110. The minimum absolute atomic E-state index is 1.23. The van der Waals surface area contributed by atoms with Crippen molar-refractivity contribution in [2.24, 2.45) is 0 Å². The molecule has 0 aromatic carbocycles. The Balaban J connectivity index is 4.02. The maximum absolute atomic E-state index is 10.4. The fourth-order valence-corrected chi connectivity index (χ4v) is 0. The van der Waals surface area contributed by atoms with E-state index in [1.807, 2.05) is 0 Å². The van der Waals surface area contributed by atoms with E-state index in [1.54, 1.807) is 0 Å². The van der Waals surface area contributed by atoms with Gasteiger partial charge in [-0.05, 0) is 6.92 Å². The number of alkyl halides is 4. The number of halogens is 4. The summed E-state index contributed by atoms with van der Waals surface area (Å²) in [6.07, 6.45) is 0. The molecule has 0 aromatic heterocycles. The second kappa shape index (κ2) is 2.39. The number of hydrogen-bond acceptors (Lipinski definition) is 0. The van der Waals surface area contributed by atoms with Crippen LogP contribution < -0.4 is 0 Å². The summed E-state index contributed by atoms with van der Waals surface area (Å²) in [4.78, 5) is 0. The van der Waals surface area contributed by atoms with Gasteiger partial charge in [0.25, 0.3) is 4.52 Å². The Hall–Kier alpha value is 1.12. The number of rotatable bonds is 1. The van der Waals surface area contributed by atoms with Crippen LogP contribution in [-0.2, 0) is 5.11 Å². The second-order valence-electron chi connectivity index (χ2n) is 1.41. The largest absolute Gasteiger partial charge is 0.282 e. The van der Waals surface area contributed by atoms with Crippen molar-refractivity contribution in [2.45, 2.75) is 15.8 Å². The van der Waals surface area contributed by atoms with Crippen molar-refractivity contribution in [3.8, 4) is 0 Å². The topological polar surface area (TPSA) is 19.9 Å². The third-order valence-corrected chi connectivity index (χ3v) is 2.19. The first-order valence-electron chi connectivity index (χ1n) is 1.71. The van der Waals surface area contributed by atoms with E-state index >= 15 is 0 Å². The smallest absolute Gasteiger partial charge is 0.190 e. The average Bonchev–Trinajstić information content (AvgIpc) is 1.25. The Kier molecular flexibility index (Phi) is 2.73. The summed E-state index contributed by atoms with van der Waals surface area (Å²) in [5.74, 6) is 0. The fourth-order valence-electron chi connectivity index (χ4n) is 0. The van der Waals surface area contributed by atoms with E-state index in [-0.39, 0.29) is 0 Å². The number of hydrogen-bond donors (Lipinski definition) is 0. The van der Waals surface area contributed by atoms with Gasteiger partial charge in [-0.1, -0.05) is 46.4 Å². The minimum Gasteiger partial charge on any atom is -0.190 e. The predicted octanol–water partition coefficient (Wildman–Crippen LogP) is 2.74. The molecule has 0 rings (SSSR count). The molecule has 49 valence electrons. The molecule has 0 bridgehead atoms. The van der Waals surface area contributed by atoms with Crippen molar-refractivity contribution >= 4 is 46.4 Å². The Morgan fingerprint density at radius 2 is 1.25 bits per heavy atom. The zero-order valence-electron chi connectivity index (χ0n) is 3.92. The lowest BCUT2D eigenvalue weighted by Gasteiger charge is -2.20. The molecular weight excluding hydrogens is 194 g/mol. The third-order valence-electron chi connectivity index (χ3n) is 0.511. The van der Waals surface area contributed by atoms with E-state index in [0.717, 1.165) is 0 Å². The zero-order chi connectivity index (χ0) is 7.00. The Morgan fingerprint density at radius 3 is 1.25 bits per heavy atom. The first kappa shape index (κ1) is 9.12. The Labute approximate surface area is 67.5 Å². The third kappa shape index (κ3) is 2.60. The average molecular weight is 197 g/mol. The molecule has 0 aliphatic rings. The van der Waals surface area contributed by atoms with Crippen LogP contribution in [0, 0.1) is 0 Å². The molecule has 0 unspecified atom stereocenters. The summed E-state index contributed by atoms with van der Waals surface area (Å²) in [6, 6.07) is 0. The fraction of sp³-hybridized carbons (Fsp3) is 1.00. The quantitative estimate of drug-likeness (QED) is 0.575. The molecule has 0 saturated carbocycles. The van der Waals surface area contributed by atoms with E-state index < -0.39 is 8.85 Å². The van der Waals surface area contributed by atoms with Gasteiger partial charge >= 0.3 is 0 Å². The van der Waals surface area contributed by atoms with Crippen LogP contribution in [-0.4, -0.2) is 8.85 Å². The summed E-state index contributed by atoms with van der Waals surface area (Å²) in [7, 11) is 0. The first-order chi connectivity index (χ1) is 3.25. The first-order valence-corrected chi connectivity index (χ1v) is 3.22. The molecular formula is C3H3Cl4O. The van der Waals surface area contributed by atoms with Crippen molar-refractivity contribution in [3.05, 3.63) is 0 Å². The van der Waals surface area contributed by atoms with Gasteiger partial charge in [0, 0.05) is 0 Å². The van der Waals surface area contributed by atoms with E-state index in [9.17, 15) is 5.11 Å². The van der Waals surface area contributed by atoms with Crippen molar-refractivity contribution in [2.75, 3.05) is 0 Å². The van der Waals surface area contributed by atoms with Crippen LogP contribution in [0.3, 0.4) is 0 Å². The maximum Gasteiger partial charge on any atom is 0.282 e. The van der Waals surface area contributed by atoms with Gasteiger partial charge in [0.15, 0.2) is 4.33 Å². The maximum atomic E-state index is 10.4. The van der Waals surface area contributed by atoms with Gasteiger partial charge < -0.3 is 0 Å². The van der Waals surface area contributed by atoms with Crippen molar-refractivity contribution in [3.63, 3.8) is 0 Å². The van der Waals surface area contributed by atoms with Gasteiger partial charge in [-0.2, -0.15) is 5.11 Å². The molecule has 0 heterocycles. The summed E-state index contributed by atoms with van der Waals surface area (Å²) in [5, 5.41) is 10.4. The molecule has 0 N–H and O–H groups in total. The summed E-state index contributed by atoms with van der Waals surface area (Å²) >= 11 is 20.3. The highest BCUT2D eigenvalue weighted by Gasteiger charge is 2.43. The Morgan fingerprint density at radius 1 is 1.12 bits per heavy atom. The van der Waals surface area contributed by atoms with Crippen molar-refractivity contribution in [1.82, 2.24) is 0 Å². The molecule has 0 spiro atoms. The van der Waals surface area contributed by atoms with Gasteiger partial charge in [0.1, 0.15) is 0 Å². The van der Waals surface area contributed by atoms with E-state index in [1.165, 1.54) is 6.92 Å². The van der Waals surface area contributed by atoms with E-state index in [4.69, 9.17) is 46.4 Å². The summed E-state index contributed by atoms with van der Waals surface area (Å²) in [5.41, 5.74) is 0. The van der Waals surface area contributed by atoms with E-state index in [2.05, 4.69) is 0 Å². The molecule has 1 radical (unpaired) electrons. The van der Waals surface area contributed by atoms with Crippen LogP contribution in [0.25, 0.3) is 0 Å². The molecule has 0 saturated heterocycles. The Bertz CT molecular complexity index is 66.3. The zero-order valence-corrected chi connectivity index (χ0v) is 6.94. The summed E-state index contributed by atoms with van der Waals surface area (Å²) < 4.78 is -3.98. The van der Waals surface area contributed by atoms with Crippen LogP contribution in [0.5, 0.6) is 0 Å². The van der Waals surface area contributed by atoms with E-state index in [0.29, 0.717) is 0 Å². The molecule has 5 heteroatoms. The van der Waals surface area contributed by atoms with Crippen LogP contribution in [0.4, 0.5) is 0 Å². The standard InChI is InChI=1S/C3H3Cl4O/c1-2(4,5)3(6,7)8/h1H3. The molecule has 0 aromatic rings. The molecule has 0 atom stereocenters. The lowest BCUT2D eigenvalue weighted by Crippen LogP contribution is -2.30. The predicted molar refractivity (Wildman–Crippen MR) is 35.2 cm³/mol. The minimum atomic E-state index is -2.34. The monoisotopic (exact) mass is 195 g/mol. The lowest BCUT2D eigenvalue weighted by atomic mass is 10.5. The highest BCUT2D eigenvalue weighted by molar-refractivity contribution is 6.61. The highest BCUT2D eigenvalue weighted by Crippen LogP contribution is 2.40. The van der Waals surface area contributed by atoms with Crippen LogP contribution in [0.15, 0.2) is 0 Å². The normalized spacial score (nSPS) is 14.2. The second-order valence-corrected chi connectivity index (χ2v) is 4.37.